The molecular formula is C14H17FN2S. The Labute approximate surface area is 110 Å². The molecule has 0 radical (unpaired) electrons. The number of nitrogens with zero attached hydrogens (tertiary/aromatic N) is 1. The first kappa shape index (κ1) is 12.1. The fourth-order valence-electron chi connectivity index (χ4n) is 2.60. The molecule has 0 atom stereocenters. The van der Waals surface area contributed by atoms with E-state index < -0.39 is 0 Å². The number of nitrogens with two attached hydrogens (primary N) is 1. The summed E-state index contributed by atoms with van der Waals surface area (Å²) >= 11 is 1.61. The number of aromatic nitrogens is 1. The molecule has 2 aromatic rings. The molecule has 1 aliphatic carbocycles. The molecule has 18 heavy (non-hydrogen) atoms. The molecule has 0 unspecified atom stereocenters. The quantitative estimate of drug-likeness (QED) is 0.851. The Hall–Kier alpha value is -1.00. The van der Waals surface area contributed by atoms with Crippen LogP contribution in [0.2, 0.25) is 0 Å². The zero-order chi connectivity index (χ0) is 12.8. The van der Waals surface area contributed by atoms with Gasteiger partial charge < -0.3 is 5.73 Å². The summed E-state index contributed by atoms with van der Waals surface area (Å²) in [6.45, 7) is 2.27. The van der Waals surface area contributed by atoms with Gasteiger partial charge in [0, 0.05) is 6.07 Å². The van der Waals surface area contributed by atoms with Gasteiger partial charge in [-0.3, -0.25) is 0 Å². The van der Waals surface area contributed by atoms with Crippen molar-refractivity contribution in [2.24, 2.45) is 11.7 Å². The maximum atomic E-state index is 13.2. The summed E-state index contributed by atoms with van der Waals surface area (Å²) in [5.74, 6) is 0.524. The predicted molar refractivity (Wildman–Crippen MR) is 73.1 cm³/mol. The number of hydrogen-bond acceptors (Lipinski definition) is 3. The normalized spacial score (nSPS) is 28.7. The second-order valence-electron chi connectivity index (χ2n) is 5.47. The fourth-order valence-corrected chi connectivity index (χ4v) is 3.71. The van der Waals surface area contributed by atoms with Gasteiger partial charge in [0.25, 0.3) is 0 Å². The van der Waals surface area contributed by atoms with Gasteiger partial charge in [0.15, 0.2) is 0 Å². The number of thiazole rings is 1. The number of halogens is 1. The molecule has 1 saturated carbocycles. The molecule has 0 saturated heterocycles. The minimum atomic E-state index is -0.299. The van der Waals surface area contributed by atoms with Crippen LogP contribution in [0.15, 0.2) is 18.2 Å². The molecule has 1 heterocycles. The molecule has 96 valence electrons. The van der Waals surface area contributed by atoms with E-state index in [4.69, 9.17) is 5.73 Å². The van der Waals surface area contributed by atoms with Crippen LogP contribution in [0.5, 0.6) is 0 Å². The van der Waals surface area contributed by atoms with E-state index in [-0.39, 0.29) is 11.4 Å². The molecule has 0 spiro atoms. The van der Waals surface area contributed by atoms with E-state index in [0.717, 1.165) is 46.8 Å². The minimum Gasteiger partial charge on any atom is -0.319 e. The van der Waals surface area contributed by atoms with E-state index in [1.165, 1.54) is 12.1 Å². The fraction of sp³-hybridized carbons (Fsp3) is 0.500. The van der Waals surface area contributed by atoms with Crippen molar-refractivity contribution in [3.63, 3.8) is 0 Å². The van der Waals surface area contributed by atoms with Crippen LogP contribution in [0.3, 0.4) is 0 Å². The maximum Gasteiger partial charge on any atom is 0.125 e. The van der Waals surface area contributed by atoms with Gasteiger partial charge in [0.1, 0.15) is 10.8 Å². The van der Waals surface area contributed by atoms with Crippen LogP contribution in [0, 0.1) is 11.7 Å². The molecule has 1 aromatic heterocycles. The zero-order valence-electron chi connectivity index (χ0n) is 10.4. The Morgan fingerprint density at radius 2 is 2.11 bits per heavy atom. The largest absolute Gasteiger partial charge is 0.319 e. The van der Waals surface area contributed by atoms with E-state index in [2.05, 4.69) is 11.9 Å². The summed E-state index contributed by atoms with van der Waals surface area (Å²) in [5.41, 5.74) is 6.93. The van der Waals surface area contributed by atoms with Crippen LogP contribution in [-0.4, -0.2) is 4.98 Å². The van der Waals surface area contributed by atoms with Crippen LogP contribution in [-0.2, 0) is 5.54 Å². The van der Waals surface area contributed by atoms with Crippen LogP contribution >= 0.6 is 11.3 Å². The molecule has 2 nitrogen and oxygen atoms in total. The molecule has 1 aliphatic rings. The van der Waals surface area contributed by atoms with Crippen molar-refractivity contribution in [3.05, 3.63) is 29.0 Å². The highest BCUT2D eigenvalue weighted by Crippen LogP contribution is 2.40. The Bertz CT molecular complexity index is 570. The molecule has 0 aliphatic heterocycles. The van der Waals surface area contributed by atoms with Crippen molar-refractivity contribution >= 4 is 21.6 Å². The van der Waals surface area contributed by atoms with Crippen molar-refractivity contribution in [1.29, 1.82) is 0 Å². The van der Waals surface area contributed by atoms with Gasteiger partial charge in [0.2, 0.25) is 0 Å². The van der Waals surface area contributed by atoms with Crippen molar-refractivity contribution in [3.8, 4) is 0 Å². The molecule has 4 heteroatoms. The first-order chi connectivity index (χ1) is 8.57. The van der Waals surface area contributed by atoms with Crippen molar-refractivity contribution in [2.75, 3.05) is 0 Å². The molecule has 1 fully saturated rings. The number of benzene rings is 1. The third kappa shape index (κ3) is 2.04. The minimum absolute atomic E-state index is 0.234. The monoisotopic (exact) mass is 264 g/mol. The van der Waals surface area contributed by atoms with Gasteiger partial charge >= 0.3 is 0 Å². The lowest BCUT2D eigenvalue weighted by molar-refractivity contribution is 0.247. The van der Waals surface area contributed by atoms with Gasteiger partial charge in [-0.25, -0.2) is 9.37 Å². The van der Waals surface area contributed by atoms with Crippen LogP contribution in [0.25, 0.3) is 10.2 Å². The Morgan fingerprint density at radius 3 is 2.83 bits per heavy atom. The molecule has 1 aromatic carbocycles. The van der Waals surface area contributed by atoms with E-state index in [9.17, 15) is 4.39 Å². The molecule has 0 amide bonds. The summed E-state index contributed by atoms with van der Waals surface area (Å²) in [4.78, 5) is 4.55. The average molecular weight is 264 g/mol. The summed E-state index contributed by atoms with van der Waals surface area (Å²) in [6.07, 6.45) is 4.27. The van der Waals surface area contributed by atoms with Gasteiger partial charge in [0.05, 0.1) is 15.8 Å². The highest BCUT2D eigenvalue weighted by Gasteiger charge is 2.34. The molecule has 2 N–H and O–H groups in total. The number of hydrogen-bond donors (Lipinski definition) is 1. The van der Waals surface area contributed by atoms with Gasteiger partial charge in [-0.05, 0) is 43.7 Å². The Kier molecular flexibility index (Phi) is 2.87. The summed E-state index contributed by atoms with van der Waals surface area (Å²) in [5, 5.41) is 0.968. The van der Waals surface area contributed by atoms with Crippen molar-refractivity contribution in [1.82, 2.24) is 4.98 Å². The Balaban J connectivity index is 1.98. The number of rotatable bonds is 1. The standard InChI is InChI=1S/C14H17FN2S/c1-9-4-6-14(16,7-5-9)13-17-11-8-10(15)2-3-12(11)18-13/h2-3,8-9H,4-7,16H2,1H3. The third-order valence-electron chi connectivity index (χ3n) is 3.94. The SMILES string of the molecule is CC1CCC(N)(c2nc3cc(F)ccc3s2)CC1. The summed E-state index contributed by atoms with van der Waals surface area (Å²) < 4.78 is 14.2. The first-order valence-corrected chi connectivity index (χ1v) is 7.24. The highest BCUT2D eigenvalue weighted by molar-refractivity contribution is 7.18. The average Bonchev–Trinajstić information content (AvgIpc) is 2.77. The third-order valence-corrected chi connectivity index (χ3v) is 5.20. The lowest BCUT2D eigenvalue weighted by atomic mass is 9.78. The van der Waals surface area contributed by atoms with Crippen molar-refractivity contribution in [2.45, 2.75) is 38.1 Å². The lowest BCUT2D eigenvalue weighted by Crippen LogP contribution is -2.40. The molecule has 0 bridgehead atoms. The van der Waals surface area contributed by atoms with Crippen LogP contribution < -0.4 is 5.73 Å². The maximum absolute atomic E-state index is 13.2. The number of fused-ring (bicyclic) bond motifs is 1. The van der Waals surface area contributed by atoms with Gasteiger partial charge in [-0.1, -0.05) is 6.92 Å². The van der Waals surface area contributed by atoms with E-state index in [1.54, 1.807) is 17.4 Å². The smallest absolute Gasteiger partial charge is 0.125 e. The van der Waals surface area contributed by atoms with E-state index in [1.807, 2.05) is 0 Å². The second-order valence-corrected chi connectivity index (χ2v) is 6.50. The lowest BCUT2D eigenvalue weighted by Gasteiger charge is -2.34. The molecular weight excluding hydrogens is 247 g/mol. The van der Waals surface area contributed by atoms with E-state index in [0.29, 0.717) is 0 Å². The Morgan fingerprint density at radius 1 is 1.39 bits per heavy atom. The van der Waals surface area contributed by atoms with Crippen molar-refractivity contribution < 1.29 is 4.39 Å². The first-order valence-electron chi connectivity index (χ1n) is 6.42. The molecule has 3 rings (SSSR count). The van der Waals surface area contributed by atoms with E-state index >= 15 is 0 Å². The second kappa shape index (κ2) is 4.28. The van der Waals surface area contributed by atoms with Crippen LogP contribution in [0.4, 0.5) is 4.39 Å². The highest BCUT2D eigenvalue weighted by atomic mass is 32.1. The summed E-state index contributed by atoms with van der Waals surface area (Å²) in [6, 6.07) is 4.77. The van der Waals surface area contributed by atoms with Gasteiger partial charge in [-0.2, -0.15) is 0 Å². The predicted octanol–water partition coefficient (Wildman–Crippen LogP) is 3.80. The summed E-state index contributed by atoms with van der Waals surface area (Å²) in [7, 11) is 0. The topological polar surface area (TPSA) is 38.9 Å². The van der Waals surface area contributed by atoms with Gasteiger partial charge in [-0.15, -0.1) is 11.3 Å². The zero-order valence-corrected chi connectivity index (χ0v) is 11.3. The van der Waals surface area contributed by atoms with Crippen LogP contribution in [0.1, 0.15) is 37.6 Å².